The molecule has 39 heavy (non-hydrogen) atoms. The zero-order valence-electron chi connectivity index (χ0n) is 22.5. The number of hydrogen-bond acceptors (Lipinski definition) is 5. The molecule has 3 aromatic heterocycles. The largest absolute Gasteiger partial charge is 0.494 e. The van der Waals surface area contributed by atoms with Crippen molar-refractivity contribution in [2.24, 2.45) is 5.41 Å². The topological polar surface area (TPSA) is 84.3 Å². The molecular formula is C30H32N6O2S. The molecule has 8 nitrogen and oxygen atoms in total. The number of rotatable bonds is 7. The van der Waals surface area contributed by atoms with Gasteiger partial charge in [0.2, 0.25) is 5.91 Å². The summed E-state index contributed by atoms with van der Waals surface area (Å²) in [6.07, 6.45) is 5.66. The third-order valence-corrected chi connectivity index (χ3v) is 7.03. The van der Waals surface area contributed by atoms with E-state index in [4.69, 9.17) is 17.0 Å². The first-order chi connectivity index (χ1) is 18.8. The Morgan fingerprint density at radius 2 is 1.82 bits per heavy atom. The van der Waals surface area contributed by atoms with E-state index in [-0.39, 0.29) is 18.0 Å². The van der Waals surface area contributed by atoms with Gasteiger partial charge in [0.25, 0.3) is 0 Å². The van der Waals surface area contributed by atoms with Gasteiger partial charge in [-0.25, -0.2) is 0 Å². The van der Waals surface area contributed by atoms with Crippen molar-refractivity contribution in [3.63, 3.8) is 0 Å². The molecule has 200 valence electrons. The van der Waals surface area contributed by atoms with Gasteiger partial charge < -0.3 is 24.8 Å². The van der Waals surface area contributed by atoms with Gasteiger partial charge in [0.15, 0.2) is 5.11 Å². The van der Waals surface area contributed by atoms with E-state index in [1.807, 2.05) is 81.4 Å². The maximum absolute atomic E-state index is 12.7. The number of anilines is 2. The lowest BCUT2D eigenvalue weighted by Crippen LogP contribution is -2.31. The fraction of sp³-hybridized carbons (Fsp3) is 0.267. The zero-order chi connectivity index (χ0) is 27.6. The summed E-state index contributed by atoms with van der Waals surface area (Å²) in [5.41, 5.74) is 3.82. The maximum Gasteiger partial charge on any atom is 0.229 e. The maximum atomic E-state index is 12.7. The SMILES string of the molecule is COc1cc(N2C(=S)N[C@H](c3ccccn3)[C@H]2c2cccn2Cc2ccccn2)ccc1NC(=O)C(C)(C)C. The lowest BCUT2D eigenvalue weighted by atomic mass is 9.95. The fourth-order valence-corrected chi connectivity index (χ4v) is 5.03. The van der Waals surface area contributed by atoms with E-state index in [0.29, 0.717) is 23.1 Å². The van der Waals surface area contributed by atoms with E-state index in [1.165, 1.54) is 0 Å². The fourth-order valence-electron chi connectivity index (χ4n) is 4.68. The van der Waals surface area contributed by atoms with Crippen LogP contribution in [-0.2, 0) is 11.3 Å². The van der Waals surface area contributed by atoms with Crippen LogP contribution >= 0.6 is 12.2 Å². The normalized spacial score (nSPS) is 17.1. The van der Waals surface area contributed by atoms with Gasteiger partial charge in [-0.3, -0.25) is 14.8 Å². The highest BCUT2D eigenvalue weighted by atomic mass is 32.1. The molecule has 4 aromatic rings. The Labute approximate surface area is 234 Å². The first-order valence-corrected chi connectivity index (χ1v) is 13.2. The Bertz CT molecular complexity index is 1470. The Morgan fingerprint density at radius 1 is 1.05 bits per heavy atom. The third kappa shape index (κ3) is 5.49. The number of nitrogens with zero attached hydrogens (tertiary/aromatic N) is 4. The van der Waals surface area contributed by atoms with Gasteiger partial charge in [0, 0.05) is 41.5 Å². The molecular weight excluding hydrogens is 508 g/mol. The Kier molecular flexibility index (Phi) is 7.34. The number of pyridine rings is 2. The number of hydrogen-bond donors (Lipinski definition) is 2. The molecule has 1 saturated heterocycles. The number of nitrogens with one attached hydrogen (secondary N) is 2. The highest BCUT2D eigenvalue weighted by molar-refractivity contribution is 7.80. The Hall–Kier alpha value is -4.24. The number of carbonyl (C=O) groups excluding carboxylic acids is 1. The van der Waals surface area contributed by atoms with Gasteiger partial charge in [-0.1, -0.05) is 32.9 Å². The highest BCUT2D eigenvalue weighted by Gasteiger charge is 2.42. The predicted molar refractivity (Wildman–Crippen MR) is 157 cm³/mol. The molecule has 9 heteroatoms. The molecule has 1 amide bonds. The van der Waals surface area contributed by atoms with Gasteiger partial charge in [0.1, 0.15) is 11.8 Å². The molecule has 1 aliphatic rings. The monoisotopic (exact) mass is 540 g/mol. The summed E-state index contributed by atoms with van der Waals surface area (Å²) in [6.45, 7) is 6.25. The van der Waals surface area contributed by atoms with E-state index in [9.17, 15) is 4.79 Å². The van der Waals surface area contributed by atoms with Crippen molar-refractivity contribution in [3.8, 4) is 5.75 Å². The number of amides is 1. The van der Waals surface area contributed by atoms with Crippen molar-refractivity contribution in [1.82, 2.24) is 19.9 Å². The molecule has 0 aliphatic carbocycles. The summed E-state index contributed by atoms with van der Waals surface area (Å²) < 4.78 is 7.90. The van der Waals surface area contributed by atoms with Crippen molar-refractivity contribution in [1.29, 1.82) is 0 Å². The summed E-state index contributed by atoms with van der Waals surface area (Å²) in [4.78, 5) is 23.9. The van der Waals surface area contributed by atoms with Crippen molar-refractivity contribution >= 4 is 34.6 Å². The lowest BCUT2D eigenvalue weighted by molar-refractivity contribution is -0.123. The number of benzene rings is 1. The average molecular weight is 541 g/mol. The number of aromatic nitrogens is 3. The molecule has 0 unspecified atom stereocenters. The first-order valence-electron chi connectivity index (χ1n) is 12.8. The summed E-state index contributed by atoms with van der Waals surface area (Å²) in [7, 11) is 1.60. The van der Waals surface area contributed by atoms with Gasteiger partial charge in [-0.05, 0) is 60.7 Å². The second-order valence-corrected chi connectivity index (χ2v) is 10.9. The van der Waals surface area contributed by atoms with Crippen LogP contribution in [0, 0.1) is 5.41 Å². The Morgan fingerprint density at radius 3 is 2.49 bits per heavy atom. The number of ether oxygens (including phenoxy) is 1. The minimum atomic E-state index is -0.538. The van der Waals surface area contributed by atoms with Crippen LogP contribution < -0.4 is 20.3 Å². The molecule has 0 radical (unpaired) electrons. The van der Waals surface area contributed by atoms with E-state index in [0.717, 1.165) is 22.8 Å². The van der Waals surface area contributed by atoms with Gasteiger partial charge in [-0.2, -0.15) is 0 Å². The lowest BCUT2D eigenvalue weighted by Gasteiger charge is -2.29. The van der Waals surface area contributed by atoms with Gasteiger partial charge in [0.05, 0.1) is 36.8 Å². The number of carbonyl (C=O) groups is 1. The minimum absolute atomic E-state index is 0.0904. The predicted octanol–water partition coefficient (Wildman–Crippen LogP) is 5.50. The van der Waals surface area contributed by atoms with E-state index in [2.05, 4.69) is 42.3 Å². The van der Waals surface area contributed by atoms with Crippen LogP contribution in [0.5, 0.6) is 5.75 Å². The molecule has 0 bridgehead atoms. The summed E-state index contributed by atoms with van der Waals surface area (Å²) in [5, 5.41) is 7.07. The first kappa shape index (κ1) is 26.4. The van der Waals surface area contributed by atoms with Crippen LogP contribution in [-0.4, -0.2) is 32.7 Å². The van der Waals surface area contributed by atoms with Crippen molar-refractivity contribution < 1.29 is 9.53 Å². The van der Waals surface area contributed by atoms with E-state index in [1.54, 1.807) is 19.5 Å². The quantitative estimate of drug-likeness (QED) is 0.300. The van der Waals surface area contributed by atoms with Gasteiger partial charge >= 0.3 is 0 Å². The molecule has 1 fully saturated rings. The molecule has 2 atom stereocenters. The summed E-state index contributed by atoms with van der Waals surface area (Å²) in [5.74, 6) is 0.462. The van der Waals surface area contributed by atoms with Crippen LogP contribution in [0.2, 0.25) is 0 Å². The second kappa shape index (κ2) is 10.9. The second-order valence-electron chi connectivity index (χ2n) is 10.5. The molecule has 0 spiro atoms. The molecule has 4 heterocycles. The minimum Gasteiger partial charge on any atom is -0.494 e. The van der Waals surface area contributed by atoms with Crippen LogP contribution in [0.15, 0.2) is 85.3 Å². The van der Waals surface area contributed by atoms with Crippen molar-refractivity contribution in [3.05, 3.63) is 102 Å². The summed E-state index contributed by atoms with van der Waals surface area (Å²) >= 11 is 5.91. The number of methoxy groups -OCH3 is 1. The molecule has 1 aromatic carbocycles. The van der Waals surface area contributed by atoms with Crippen molar-refractivity contribution in [2.45, 2.75) is 39.4 Å². The third-order valence-electron chi connectivity index (χ3n) is 6.72. The standard InChI is InChI=1S/C30H32N6O2S/c1-30(2,3)28(37)33-22-14-13-21(18-25(22)38-4)36-27(26(34-29(36)39)23-11-6-8-16-32-23)24-12-9-17-35(24)19-20-10-5-7-15-31-20/h5-18,26-27H,19H2,1-4H3,(H,33,37)(H,34,39)/t26-,27-/m1/s1. The summed E-state index contributed by atoms with van der Waals surface area (Å²) in [6, 6.07) is 21.3. The van der Waals surface area contributed by atoms with Crippen molar-refractivity contribution in [2.75, 3.05) is 17.3 Å². The average Bonchev–Trinajstić information content (AvgIpc) is 3.52. The molecule has 1 aliphatic heterocycles. The van der Waals surface area contributed by atoms with E-state index >= 15 is 0 Å². The Balaban J connectivity index is 1.56. The molecule has 2 N–H and O–H groups in total. The van der Waals surface area contributed by atoms with Gasteiger partial charge in [-0.15, -0.1) is 0 Å². The van der Waals surface area contributed by atoms with E-state index < -0.39 is 5.41 Å². The zero-order valence-corrected chi connectivity index (χ0v) is 23.3. The molecule has 5 rings (SSSR count). The number of thiocarbonyl (C=S) groups is 1. The van der Waals surface area contributed by atoms with Crippen LogP contribution in [0.25, 0.3) is 0 Å². The molecule has 0 saturated carbocycles. The highest BCUT2D eigenvalue weighted by Crippen LogP contribution is 2.43. The van der Waals surface area contributed by atoms with Crippen LogP contribution in [0.1, 0.15) is 49.9 Å². The van der Waals surface area contributed by atoms with Crippen LogP contribution in [0.3, 0.4) is 0 Å². The smallest absolute Gasteiger partial charge is 0.229 e. The van der Waals surface area contributed by atoms with Crippen LogP contribution in [0.4, 0.5) is 11.4 Å².